The maximum absolute atomic E-state index is 12.8. The molecule has 40 heavy (non-hydrogen) atoms. The summed E-state index contributed by atoms with van der Waals surface area (Å²) in [6, 6.07) is 21.2. The Bertz CT molecular complexity index is 1450. The van der Waals surface area contributed by atoms with Crippen LogP contribution >= 0.6 is 0 Å². The molecule has 1 aliphatic carbocycles. The second kappa shape index (κ2) is 12.4. The Hall–Kier alpha value is -3.49. The molecule has 3 aromatic carbocycles. The molecule has 1 aliphatic heterocycles. The van der Waals surface area contributed by atoms with Crippen LogP contribution in [0, 0.1) is 12.8 Å². The highest BCUT2D eigenvalue weighted by molar-refractivity contribution is 7.91. The molecule has 0 atom stereocenters. The third-order valence-corrected chi connectivity index (χ3v) is 9.60. The number of carbonyl (C=O) groups is 2. The first-order valence-electron chi connectivity index (χ1n) is 14.1. The Kier molecular flexibility index (Phi) is 8.66. The second-order valence-electron chi connectivity index (χ2n) is 11.0. The van der Waals surface area contributed by atoms with Gasteiger partial charge in [0.15, 0.2) is 9.84 Å². The minimum Gasteiger partial charge on any atom is -0.326 e. The maximum atomic E-state index is 12.8. The normalized spacial score (nSPS) is 17.7. The lowest BCUT2D eigenvalue weighted by Crippen LogP contribution is -2.39. The van der Waals surface area contributed by atoms with Crippen LogP contribution in [0.4, 0.5) is 11.4 Å². The summed E-state index contributed by atoms with van der Waals surface area (Å²) >= 11 is 0. The van der Waals surface area contributed by atoms with E-state index in [2.05, 4.69) is 22.5 Å². The average molecular weight is 560 g/mol. The number of amides is 2. The molecule has 2 aliphatic rings. The second-order valence-corrected chi connectivity index (χ2v) is 13.3. The molecule has 8 heteroatoms. The molecule has 3 aromatic rings. The van der Waals surface area contributed by atoms with Crippen molar-refractivity contribution in [3.8, 4) is 11.1 Å². The van der Waals surface area contributed by atoms with Gasteiger partial charge in [0.25, 0.3) is 5.91 Å². The smallest absolute Gasteiger partial charge is 0.255 e. The van der Waals surface area contributed by atoms with E-state index >= 15 is 0 Å². The summed E-state index contributed by atoms with van der Waals surface area (Å²) in [5.41, 5.74) is 6.28. The first kappa shape index (κ1) is 28.1. The van der Waals surface area contributed by atoms with Gasteiger partial charge < -0.3 is 10.6 Å². The molecular formula is C32H37N3O4S. The lowest BCUT2D eigenvalue weighted by molar-refractivity contribution is -0.120. The van der Waals surface area contributed by atoms with Crippen LogP contribution in [0.1, 0.15) is 53.6 Å². The van der Waals surface area contributed by atoms with Crippen LogP contribution in [0.25, 0.3) is 11.1 Å². The average Bonchev–Trinajstić information content (AvgIpc) is 2.96. The summed E-state index contributed by atoms with van der Waals surface area (Å²) < 4.78 is 23.3. The van der Waals surface area contributed by atoms with Gasteiger partial charge in [0.05, 0.1) is 11.5 Å². The highest BCUT2D eigenvalue weighted by Crippen LogP contribution is 2.30. The van der Waals surface area contributed by atoms with Gasteiger partial charge in [-0.1, -0.05) is 49.6 Å². The first-order chi connectivity index (χ1) is 19.3. The van der Waals surface area contributed by atoms with Crippen molar-refractivity contribution >= 4 is 33.0 Å². The Morgan fingerprint density at radius 3 is 2.15 bits per heavy atom. The molecule has 2 amide bonds. The topological polar surface area (TPSA) is 95.6 Å². The van der Waals surface area contributed by atoms with Crippen molar-refractivity contribution in [1.82, 2.24) is 4.90 Å². The van der Waals surface area contributed by atoms with Gasteiger partial charge in [0.2, 0.25) is 5.91 Å². The standard InChI is InChI=1S/C32H37N3O4S/c1-23-7-14-29(34-31(36)26-5-3-2-4-6-26)21-30(23)25-12-15-28(16-13-25)33-32(37)27-10-8-24(9-11-27)22-35-17-19-40(38,39)20-18-35/h7-16,21,26H,2-6,17-20,22H2,1H3,(H,33,37)(H,34,36). The summed E-state index contributed by atoms with van der Waals surface area (Å²) in [7, 11) is -2.90. The Morgan fingerprint density at radius 2 is 1.48 bits per heavy atom. The van der Waals surface area contributed by atoms with Crippen LogP contribution in [0.3, 0.4) is 0 Å². The number of nitrogens with zero attached hydrogens (tertiary/aromatic N) is 1. The number of aryl methyl sites for hydroxylation is 1. The molecule has 1 saturated heterocycles. The molecule has 0 bridgehead atoms. The van der Waals surface area contributed by atoms with Gasteiger partial charge in [-0.3, -0.25) is 14.5 Å². The van der Waals surface area contributed by atoms with Crippen molar-refractivity contribution in [2.24, 2.45) is 5.92 Å². The number of anilines is 2. The molecule has 2 N–H and O–H groups in total. The van der Waals surface area contributed by atoms with Crippen molar-refractivity contribution in [2.75, 3.05) is 35.2 Å². The van der Waals surface area contributed by atoms with Crippen LogP contribution in [0.15, 0.2) is 66.7 Å². The van der Waals surface area contributed by atoms with Crippen LogP contribution in [0.5, 0.6) is 0 Å². The fourth-order valence-corrected chi connectivity index (χ4v) is 6.76. The predicted octanol–water partition coefficient (Wildman–Crippen LogP) is 5.66. The third-order valence-electron chi connectivity index (χ3n) is 7.99. The number of nitrogens with one attached hydrogen (secondary N) is 2. The van der Waals surface area contributed by atoms with Gasteiger partial charge in [0, 0.05) is 42.5 Å². The zero-order valence-corrected chi connectivity index (χ0v) is 23.8. The quantitative estimate of drug-likeness (QED) is 0.389. The van der Waals surface area contributed by atoms with Crippen molar-refractivity contribution in [3.05, 3.63) is 83.4 Å². The summed E-state index contributed by atoms with van der Waals surface area (Å²) in [5, 5.41) is 6.07. The van der Waals surface area contributed by atoms with E-state index in [9.17, 15) is 18.0 Å². The van der Waals surface area contributed by atoms with E-state index in [1.54, 1.807) is 12.1 Å². The van der Waals surface area contributed by atoms with Gasteiger partial charge in [-0.15, -0.1) is 0 Å². The molecule has 1 heterocycles. The zero-order valence-electron chi connectivity index (χ0n) is 23.0. The minimum absolute atomic E-state index is 0.105. The predicted molar refractivity (Wildman–Crippen MR) is 160 cm³/mol. The lowest BCUT2D eigenvalue weighted by Gasteiger charge is -2.26. The molecule has 5 rings (SSSR count). The van der Waals surface area contributed by atoms with Gasteiger partial charge >= 0.3 is 0 Å². The molecule has 0 radical (unpaired) electrons. The minimum atomic E-state index is -2.90. The fraction of sp³-hybridized carbons (Fsp3) is 0.375. The summed E-state index contributed by atoms with van der Waals surface area (Å²) in [5.74, 6) is 0.436. The molecule has 0 aromatic heterocycles. The monoisotopic (exact) mass is 559 g/mol. The fourth-order valence-electron chi connectivity index (χ4n) is 5.48. The highest BCUT2D eigenvalue weighted by atomic mass is 32.2. The Labute approximate surface area is 236 Å². The van der Waals surface area contributed by atoms with E-state index in [0.29, 0.717) is 30.9 Å². The molecule has 0 unspecified atom stereocenters. The van der Waals surface area contributed by atoms with Gasteiger partial charge in [-0.05, 0) is 78.4 Å². The van der Waals surface area contributed by atoms with Gasteiger partial charge in [-0.25, -0.2) is 8.42 Å². The molecule has 0 spiro atoms. The third kappa shape index (κ3) is 7.17. The van der Waals surface area contributed by atoms with E-state index < -0.39 is 9.84 Å². The van der Waals surface area contributed by atoms with Gasteiger partial charge in [-0.2, -0.15) is 0 Å². The number of benzene rings is 3. The van der Waals surface area contributed by atoms with Crippen LogP contribution < -0.4 is 10.6 Å². The van der Waals surface area contributed by atoms with Crippen molar-refractivity contribution in [2.45, 2.75) is 45.6 Å². The van der Waals surface area contributed by atoms with E-state index in [1.165, 1.54) is 6.42 Å². The number of hydrogen-bond acceptors (Lipinski definition) is 5. The maximum Gasteiger partial charge on any atom is 0.255 e. The first-order valence-corrected chi connectivity index (χ1v) is 15.9. The summed E-state index contributed by atoms with van der Waals surface area (Å²) in [6.07, 6.45) is 5.40. The van der Waals surface area contributed by atoms with Crippen molar-refractivity contribution in [3.63, 3.8) is 0 Å². The van der Waals surface area contributed by atoms with Crippen LogP contribution in [0.2, 0.25) is 0 Å². The van der Waals surface area contributed by atoms with E-state index in [4.69, 9.17) is 0 Å². The highest BCUT2D eigenvalue weighted by Gasteiger charge is 2.22. The van der Waals surface area contributed by atoms with Crippen LogP contribution in [-0.4, -0.2) is 49.7 Å². The molecule has 1 saturated carbocycles. The Balaban J connectivity index is 1.18. The number of carbonyl (C=O) groups excluding carboxylic acids is 2. The number of sulfone groups is 1. The molecule has 2 fully saturated rings. The van der Waals surface area contributed by atoms with Crippen molar-refractivity contribution in [1.29, 1.82) is 0 Å². The number of rotatable bonds is 7. The largest absolute Gasteiger partial charge is 0.326 e. The SMILES string of the molecule is Cc1ccc(NC(=O)C2CCCCC2)cc1-c1ccc(NC(=O)c2ccc(CN3CCS(=O)(=O)CC3)cc2)cc1. The molecule has 7 nitrogen and oxygen atoms in total. The lowest BCUT2D eigenvalue weighted by atomic mass is 9.88. The Morgan fingerprint density at radius 1 is 0.825 bits per heavy atom. The summed E-state index contributed by atoms with van der Waals surface area (Å²) in [4.78, 5) is 27.7. The molecular weight excluding hydrogens is 522 g/mol. The van der Waals surface area contributed by atoms with E-state index in [1.807, 2.05) is 54.6 Å². The summed E-state index contributed by atoms with van der Waals surface area (Å²) in [6.45, 7) is 3.80. The van der Waals surface area contributed by atoms with Crippen LogP contribution in [-0.2, 0) is 21.2 Å². The molecule has 210 valence electrons. The van der Waals surface area contributed by atoms with E-state index in [-0.39, 0.29) is 29.2 Å². The zero-order chi connectivity index (χ0) is 28.1. The van der Waals surface area contributed by atoms with Crippen molar-refractivity contribution < 1.29 is 18.0 Å². The van der Waals surface area contributed by atoms with E-state index in [0.717, 1.165) is 53.6 Å². The van der Waals surface area contributed by atoms with Gasteiger partial charge in [0.1, 0.15) is 0 Å². The number of hydrogen-bond donors (Lipinski definition) is 2.